The van der Waals surface area contributed by atoms with Crippen LogP contribution >= 0.6 is 0 Å². The molecule has 1 aromatic heterocycles. The highest BCUT2D eigenvalue weighted by atomic mass is 16.5. The fraction of sp³-hybridized carbons (Fsp3) is 0.550. The van der Waals surface area contributed by atoms with Gasteiger partial charge in [-0.2, -0.15) is 0 Å². The Labute approximate surface area is 150 Å². The number of anilines is 1. The van der Waals surface area contributed by atoms with E-state index in [0.717, 1.165) is 44.9 Å². The van der Waals surface area contributed by atoms with Crippen molar-refractivity contribution in [3.8, 4) is 0 Å². The van der Waals surface area contributed by atoms with E-state index in [1.807, 2.05) is 12.4 Å². The number of piperidine rings is 1. The summed E-state index contributed by atoms with van der Waals surface area (Å²) in [6.07, 6.45) is 7.33. The van der Waals surface area contributed by atoms with E-state index in [1.54, 1.807) is 0 Å². The summed E-state index contributed by atoms with van der Waals surface area (Å²) in [5, 5.41) is 3.66. The monoisotopic (exact) mass is 340 g/mol. The summed E-state index contributed by atoms with van der Waals surface area (Å²) >= 11 is 0. The molecule has 5 heteroatoms. The predicted octanol–water partition coefficient (Wildman–Crippen LogP) is 2.96. The van der Waals surface area contributed by atoms with E-state index in [2.05, 4.69) is 58.0 Å². The summed E-state index contributed by atoms with van der Waals surface area (Å²) in [6.45, 7) is 5.98. The zero-order chi connectivity index (χ0) is 17.3. The molecule has 4 rings (SSSR count). The number of hydrogen-bond donors (Lipinski definition) is 1. The molecule has 2 atom stereocenters. The topological polar surface area (TPSA) is 42.3 Å². The van der Waals surface area contributed by atoms with E-state index in [-0.39, 0.29) is 5.60 Å². The third-order valence-electron chi connectivity index (χ3n) is 5.50. The van der Waals surface area contributed by atoms with Crippen molar-refractivity contribution in [3.63, 3.8) is 0 Å². The van der Waals surface area contributed by atoms with E-state index >= 15 is 0 Å². The van der Waals surface area contributed by atoms with E-state index in [0.29, 0.717) is 6.04 Å². The van der Waals surface area contributed by atoms with Gasteiger partial charge in [-0.25, -0.2) is 4.98 Å². The summed E-state index contributed by atoms with van der Waals surface area (Å²) < 4.78 is 8.45. The van der Waals surface area contributed by atoms with E-state index in [1.165, 1.54) is 17.7 Å². The van der Waals surface area contributed by atoms with Crippen LogP contribution in [0, 0.1) is 6.92 Å². The molecule has 0 amide bonds. The number of nitrogens with one attached hydrogen (secondary N) is 1. The van der Waals surface area contributed by atoms with Gasteiger partial charge in [0, 0.05) is 31.7 Å². The lowest BCUT2D eigenvalue weighted by Crippen LogP contribution is -2.48. The number of hydrogen-bond acceptors (Lipinski definition) is 4. The van der Waals surface area contributed by atoms with Crippen LogP contribution in [-0.4, -0.2) is 45.8 Å². The van der Waals surface area contributed by atoms with Crippen LogP contribution in [0.4, 0.5) is 5.69 Å². The molecular formula is C20H28N4O. The van der Waals surface area contributed by atoms with Crippen LogP contribution in [0.15, 0.2) is 36.7 Å². The zero-order valence-corrected chi connectivity index (χ0v) is 15.2. The van der Waals surface area contributed by atoms with Gasteiger partial charge in [0.2, 0.25) is 0 Å². The molecule has 2 aliphatic rings. The molecule has 2 aromatic rings. The fourth-order valence-corrected chi connectivity index (χ4v) is 4.27. The predicted molar refractivity (Wildman–Crippen MR) is 99.6 cm³/mol. The highest BCUT2D eigenvalue weighted by molar-refractivity contribution is 5.46. The van der Waals surface area contributed by atoms with Crippen LogP contribution in [0.25, 0.3) is 0 Å². The Balaban J connectivity index is 1.38. The minimum absolute atomic E-state index is 0.00487. The Hall–Kier alpha value is -1.85. The molecule has 2 saturated heterocycles. The summed E-state index contributed by atoms with van der Waals surface area (Å²) in [4.78, 5) is 6.97. The number of benzene rings is 1. The summed E-state index contributed by atoms with van der Waals surface area (Å²) in [6, 6.07) is 8.99. The first-order valence-corrected chi connectivity index (χ1v) is 9.28. The third kappa shape index (κ3) is 3.72. The summed E-state index contributed by atoms with van der Waals surface area (Å²) in [7, 11) is 2.07. The molecule has 1 N–H and O–H groups in total. The lowest BCUT2D eigenvalue weighted by Gasteiger charge is -2.39. The Morgan fingerprint density at radius 2 is 2.32 bits per heavy atom. The molecule has 3 heterocycles. The van der Waals surface area contributed by atoms with Crippen molar-refractivity contribution in [2.75, 3.05) is 25.0 Å². The lowest BCUT2D eigenvalue weighted by molar-refractivity contribution is -0.0539. The minimum atomic E-state index is 0.00487. The van der Waals surface area contributed by atoms with Gasteiger partial charge in [-0.15, -0.1) is 0 Å². The van der Waals surface area contributed by atoms with Gasteiger partial charge in [-0.05, 0) is 50.4 Å². The molecule has 25 heavy (non-hydrogen) atoms. The third-order valence-corrected chi connectivity index (χ3v) is 5.50. The number of rotatable bonds is 4. The van der Waals surface area contributed by atoms with Crippen molar-refractivity contribution in [2.24, 2.45) is 7.05 Å². The lowest BCUT2D eigenvalue weighted by atomic mass is 9.88. The average Bonchev–Trinajstić information content (AvgIpc) is 3.15. The van der Waals surface area contributed by atoms with Gasteiger partial charge in [-0.1, -0.05) is 12.1 Å². The van der Waals surface area contributed by atoms with E-state index in [4.69, 9.17) is 4.74 Å². The van der Waals surface area contributed by atoms with Gasteiger partial charge < -0.3 is 14.6 Å². The van der Waals surface area contributed by atoms with E-state index < -0.39 is 0 Å². The van der Waals surface area contributed by atoms with Crippen molar-refractivity contribution in [2.45, 2.75) is 44.4 Å². The van der Waals surface area contributed by atoms with Gasteiger partial charge in [0.05, 0.1) is 24.8 Å². The highest BCUT2D eigenvalue weighted by Gasteiger charge is 2.43. The van der Waals surface area contributed by atoms with Crippen molar-refractivity contribution in [3.05, 3.63) is 48.0 Å². The smallest absolute Gasteiger partial charge is 0.122 e. The first-order chi connectivity index (χ1) is 12.1. The van der Waals surface area contributed by atoms with Gasteiger partial charge in [0.15, 0.2) is 0 Å². The van der Waals surface area contributed by atoms with Gasteiger partial charge >= 0.3 is 0 Å². The molecule has 0 saturated carbocycles. The molecule has 2 fully saturated rings. The van der Waals surface area contributed by atoms with Crippen LogP contribution in [0.5, 0.6) is 0 Å². The largest absolute Gasteiger partial charge is 0.380 e. The summed E-state index contributed by atoms with van der Waals surface area (Å²) in [5.41, 5.74) is 2.49. The zero-order valence-electron chi connectivity index (χ0n) is 15.2. The first kappa shape index (κ1) is 16.6. The number of nitrogens with zero attached hydrogens (tertiary/aromatic N) is 3. The number of aryl methyl sites for hydroxylation is 2. The number of imidazole rings is 1. The molecule has 1 aromatic carbocycles. The molecule has 5 nitrogen and oxygen atoms in total. The molecule has 0 unspecified atom stereocenters. The maximum absolute atomic E-state index is 6.34. The molecule has 2 aliphatic heterocycles. The Morgan fingerprint density at radius 1 is 1.40 bits per heavy atom. The molecular weight excluding hydrogens is 312 g/mol. The number of likely N-dealkylation sites (tertiary alicyclic amines) is 1. The molecule has 134 valence electrons. The number of ether oxygens (including phenoxy) is 1. The van der Waals surface area contributed by atoms with Crippen LogP contribution in [0.1, 0.15) is 30.7 Å². The second-order valence-electron chi connectivity index (χ2n) is 7.68. The SMILES string of the molecule is Cc1cccc(N[C@H]2CO[C@@]3(CCCN(Cc4nccn4C)C3)C2)c1. The molecule has 0 bridgehead atoms. The number of aromatic nitrogens is 2. The Kier molecular flexibility index (Phi) is 4.52. The Morgan fingerprint density at radius 3 is 3.12 bits per heavy atom. The normalized spacial score (nSPS) is 27.0. The van der Waals surface area contributed by atoms with Gasteiger partial charge in [-0.3, -0.25) is 4.90 Å². The van der Waals surface area contributed by atoms with Crippen LogP contribution in [-0.2, 0) is 18.3 Å². The van der Waals surface area contributed by atoms with E-state index in [9.17, 15) is 0 Å². The van der Waals surface area contributed by atoms with Crippen molar-refractivity contribution < 1.29 is 4.74 Å². The molecule has 0 aliphatic carbocycles. The Bertz CT molecular complexity index is 728. The quantitative estimate of drug-likeness (QED) is 0.929. The van der Waals surface area contributed by atoms with Crippen molar-refractivity contribution in [1.29, 1.82) is 0 Å². The van der Waals surface area contributed by atoms with Gasteiger partial charge in [0.1, 0.15) is 5.82 Å². The maximum Gasteiger partial charge on any atom is 0.122 e. The molecule has 1 spiro atoms. The minimum Gasteiger partial charge on any atom is -0.380 e. The highest BCUT2D eigenvalue weighted by Crippen LogP contribution is 2.36. The molecule has 0 radical (unpaired) electrons. The van der Waals surface area contributed by atoms with Gasteiger partial charge in [0.25, 0.3) is 0 Å². The van der Waals surface area contributed by atoms with Crippen molar-refractivity contribution in [1.82, 2.24) is 14.5 Å². The second kappa shape index (κ2) is 6.81. The fourth-order valence-electron chi connectivity index (χ4n) is 4.27. The van der Waals surface area contributed by atoms with Crippen LogP contribution in [0.2, 0.25) is 0 Å². The summed E-state index contributed by atoms with van der Waals surface area (Å²) in [5.74, 6) is 1.13. The van der Waals surface area contributed by atoms with Crippen LogP contribution < -0.4 is 5.32 Å². The maximum atomic E-state index is 6.34. The standard InChI is InChI=1S/C20H28N4O/c1-16-5-3-6-17(11-16)22-18-12-20(25-14-18)7-4-9-24(15-20)13-19-21-8-10-23(19)2/h3,5-6,8,10-11,18,22H,4,7,9,12-15H2,1-2H3/t18-,20+/m1/s1. The van der Waals surface area contributed by atoms with Crippen LogP contribution in [0.3, 0.4) is 0 Å². The second-order valence-corrected chi connectivity index (χ2v) is 7.68. The average molecular weight is 340 g/mol. The van der Waals surface area contributed by atoms with Crippen molar-refractivity contribution >= 4 is 5.69 Å². The first-order valence-electron chi connectivity index (χ1n) is 9.28.